The number of hydrogen-bond donors (Lipinski definition) is 2. The molecule has 21 heavy (non-hydrogen) atoms. The van der Waals surface area contributed by atoms with Gasteiger partial charge in [0.25, 0.3) is 0 Å². The van der Waals surface area contributed by atoms with Crippen LogP contribution < -0.4 is 0 Å². The molecule has 1 aliphatic rings. The van der Waals surface area contributed by atoms with Gasteiger partial charge in [-0.3, -0.25) is 14.7 Å². The van der Waals surface area contributed by atoms with Crippen molar-refractivity contribution in [3.05, 3.63) is 29.6 Å². The Morgan fingerprint density at radius 3 is 2.57 bits per heavy atom. The third-order valence-electron chi connectivity index (χ3n) is 4.89. The molecule has 1 aromatic heterocycles. The molecule has 116 valence electrons. The van der Waals surface area contributed by atoms with Crippen molar-refractivity contribution in [1.82, 2.24) is 9.88 Å². The van der Waals surface area contributed by atoms with Gasteiger partial charge in [0, 0.05) is 31.5 Å². The third kappa shape index (κ3) is 3.09. The first-order chi connectivity index (χ1) is 9.76. The first-order valence-corrected chi connectivity index (χ1v) is 7.35. The van der Waals surface area contributed by atoms with Crippen LogP contribution in [0.2, 0.25) is 0 Å². The van der Waals surface area contributed by atoms with E-state index in [1.807, 2.05) is 13.0 Å². The number of aryl methyl sites for hydroxylation is 1. The molecule has 1 fully saturated rings. The van der Waals surface area contributed by atoms with Crippen LogP contribution >= 0.6 is 0 Å². The molecule has 0 spiro atoms. The molecule has 0 atom stereocenters. The first-order valence-electron chi connectivity index (χ1n) is 7.35. The van der Waals surface area contributed by atoms with E-state index in [4.69, 9.17) is 0 Å². The number of carbonyl (C=O) groups is 1. The molecule has 0 amide bonds. The average molecular weight is 292 g/mol. The predicted molar refractivity (Wildman–Crippen MR) is 79.9 cm³/mol. The molecule has 1 aromatic rings. The summed E-state index contributed by atoms with van der Waals surface area (Å²) in [5, 5.41) is 20.0. The van der Waals surface area contributed by atoms with E-state index in [0.717, 1.165) is 12.2 Å². The second-order valence-electron chi connectivity index (χ2n) is 6.49. The maximum Gasteiger partial charge on any atom is 0.312 e. The number of aliphatic carboxylic acids is 1. The lowest BCUT2D eigenvalue weighted by atomic mass is 9.69. The summed E-state index contributed by atoms with van der Waals surface area (Å²) in [4.78, 5) is 17.9. The Labute approximate surface area is 125 Å². The van der Waals surface area contributed by atoms with Gasteiger partial charge in [-0.2, -0.15) is 0 Å². The van der Waals surface area contributed by atoms with Gasteiger partial charge in [-0.15, -0.1) is 0 Å². The highest BCUT2D eigenvalue weighted by atomic mass is 16.4. The van der Waals surface area contributed by atoms with Crippen molar-refractivity contribution in [2.24, 2.45) is 5.41 Å². The summed E-state index contributed by atoms with van der Waals surface area (Å²) in [5.41, 5.74) is -0.0625. The fourth-order valence-corrected chi connectivity index (χ4v) is 2.83. The molecule has 1 saturated heterocycles. The van der Waals surface area contributed by atoms with Gasteiger partial charge in [-0.1, -0.05) is 6.07 Å². The lowest BCUT2D eigenvalue weighted by Crippen LogP contribution is -2.55. The van der Waals surface area contributed by atoms with Gasteiger partial charge in [-0.05, 0) is 45.2 Å². The Hall–Kier alpha value is -1.46. The number of pyridine rings is 1. The fourth-order valence-electron chi connectivity index (χ4n) is 2.83. The van der Waals surface area contributed by atoms with Crippen LogP contribution in [0.3, 0.4) is 0 Å². The summed E-state index contributed by atoms with van der Waals surface area (Å²) in [6.07, 6.45) is 2.74. The molecule has 1 aliphatic heterocycles. The highest BCUT2D eigenvalue weighted by Gasteiger charge is 2.50. The number of nitrogens with zero attached hydrogens (tertiary/aromatic N) is 2. The zero-order valence-electron chi connectivity index (χ0n) is 13.0. The van der Waals surface area contributed by atoms with E-state index in [1.165, 1.54) is 5.56 Å². The number of carboxylic acids is 1. The Balaban J connectivity index is 2.01. The maximum atomic E-state index is 11.4. The van der Waals surface area contributed by atoms with Crippen LogP contribution in [0.1, 0.15) is 37.9 Å². The van der Waals surface area contributed by atoms with Gasteiger partial charge < -0.3 is 10.2 Å². The van der Waals surface area contributed by atoms with Crippen molar-refractivity contribution in [1.29, 1.82) is 0 Å². The molecule has 2 N–H and O–H groups in total. The third-order valence-corrected chi connectivity index (χ3v) is 4.89. The summed E-state index contributed by atoms with van der Waals surface area (Å²) >= 11 is 0. The Morgan fingerprint density at radius 2 is 2.05 bits per heavy atom. The molecule has 0 saturated carbocycles. The van der Waals surface area contributed by atoms with Crippen LogP contribution in [-0.2, 0) is 11.3 Å². The van der Waals surface area contributed by atoms with Crippen molar-refractivity contribution >= 4 is 5.97 Å². The topological polar surface area (TPSA) is 73.7 Å². The quantitative estimate of drug-likeness (QED) is 0.885. The minimum Gasteiger partial charge on any atom is -0.481 e. The smallest absolute Gasteiger partial charge is 0.312 e. The molecule has 0 aromatic carbocycles. The van der Waals surface area contributed by atoms with Gasteiger partial charge in [0.2, 0.25) is 0 Å². The lowest BCUT2D eigenvalue weighted by Gasteiger charge is -2.45. The standard InChI is InChI=1S/C16H24N2O3/c1-12-13(5-4-8-17-12)11-18-9-6-16(21,7-10-18)15(2,3)14(19)20/h4-5,8,21H,6-7,9-11H2,1-3H3,(H,19,20). The summed E-state index contributed by atoms with van der Waals surface area (Å²) in [5.74, 6) is -0.943. The van der Waals surface area contributed by atoms with E-state index >= 15 is 0 Å². The second-order valence-corrected chi connectivity index (χ2v) is 6.49. The molecule has 2 rings (SSSR count). The summed E-state index contributed by atoms with van der Waals surface area (Å²) in [7, 11) is 0. The number of carboxylic acid groups (broad SMARTS) is 1. The molecular formula is C16H24N2O3. The van der Waals surface area contributed by atoms with E-state index in [2.05, 4.69) is 16.0 Å². The van der Waals surface area contributed by atoms with E-state index in [-0.39, 0.29) is 0 Å². The normalized spacial score (nSPS) is 19.4. The molecular weight excluding hydrogens is 268 g/mol. The minimum absolute atomic E-state index is 0.478. The van der Waals surface area contributed by atoms with Gasteiger partial charge >= 0.3 is 5.97 Å². The molecule has 5 nitrogen and oxygen atoms in total. The van der Waals surface area contributed by atoms with Crippen molar-refractivity contribution in [2.45, 2.75) is 45.8 Å². The van der Waals surface area contributed by atoms with Gasteiger partial charge in [0.15, 0.2) is 0 Å². The summed E-state index contributed by atoms with van der Waals surface area (Å²) < 4.78 is 0. The van der Waals surface area contributed by atoms with Crippen LogP contribution in [0.25, 0.3) is 0 Å². The largest absolute Gasteiger partial charge is 0.481 e. The number of hydrogen-bond acceptors (Lipinski definition) is 4. The van der Waals surface area contributed by atoms with Gasteiger partial charge in [0.1, 0.15) is 0 Å². The number of likely N-dealkylation sites (tertiary alicyclic amines) is 1. The Bertz CT molecular complexity index is 520. The molecule has 0 radical (unpaired) electrons. The van der Waals surface area contributed by atoms with E-state index in [9.17, 15) is 15.0 Å². The monoisotopic (exact) mass is 292 g/mol. The second kappa shape index (κ2) is 5.73. The molecule has 5 heteroatoms. The lowest BCUT2D eigenvalue weighted by molar-refractivity contribution is -0.171. The van der Waals surface area contributed by atoms with Gasteiger partial charge in [0.05, 0.1) is 11.0 Å². The maximum absolute atomic E-state index is 11.4. The highest BCUT2D eigenvalue weighted by molar-refractivity contribution is 5.75. The summed E-state index contributed by atoms with van der Waals surface area (Å²) in [6, 6.07) is 3.99. The average Bonchev–Trinajstić information content (AvgIpc) is 2.43. The zero-order valence-corrected chi connectivity index (χ0v) is 13.0. The van der Waals surface area contributed by atoms with Crippen molar-refractivity contribution < 1.29 is 15.0 Å². The minimum atomic E-state index is -1.14. The van der Waals surface area contributed by atoms with Gasteiger partial charge in [-0.25, -0.2) is 0 Å². The molecule has 0 unspecified atom stereocenters. The zero-order chi connectivity index (χ0) is 15.7. The van der Waals surface area contributed by atoms with E-state index in [1.54, 1.807) is 20.0 Å². The van der Waals surface area contributed by atoms with Crippen LogP contribution in [-0.4, -0.2) is 44.8 Å². The molecule has 0 aliphatic carbocycles. The fraction of sp³-hybridized carbons (Fsp3) is 0.625. The first kappa shape index (κ1) is 15.9. The van der Waals surface area contributed by atoms with E-state index in [0.29, 0.717) is 25.9 Å². The summed E-state index contributed by atoms with van der Waals surface area (Å²) in [6.45, 7) is 7.39. The number of piperidine rings is 1. The number of rotatable bonds is 4. The van der Waals surface area contributed by atoms with Crippen molar-refractivity contribution in [3.8, 4) is 0 Å². The van der Waals surface area contributed by atoms with Crippen LogP contribution in [0.5, 0.6) is 0 Å². The number of aliphatic hydroxyl groups is 1. The Morgan fingerprint density at radius 1 is 1.43 bits per heavy atom. The predicted octanol–water partition coefficient (Wildman–Crippen LogP) is 1.83. The van der Waals surface area contributed by atoms with Crippen LogP contribution in [0.4, 0.5) is 0 Å². The van der Waals surface area contributed by atoms with Crippen LogP contribution in [0.15, 0.2) is 18.3 Å². The highest BCUT2D eigenvalue weighted by Crippen LogP contribution is 2.39. The number of aromatic nitrogens is 1. The van der Waals surface area contributed by atoms with Crippen LogP contribution in [0, 0.1) is 12.3 Å². The molecule has 0 bridgehead atoms. The molecule has 2 heterocycles. The van der Waals surface area contributed by atoms with E-state index < -0.39 is 17.0 Å². The Kier molecular flexibility index (Phi) is 4.35. The van der Waals surface area contributed by atoms with Crippen molar-refractivity contribution in [3.63, 3.8) is 0 Å². The van der Waals surface area contributed by atoms with Crippen molar-refractivity contribution in [2.75, 3.05) is 13.1 Å². The SMILES string of the molecule is Cc1ncccc1CN1CCC(O)(C(C)(C)C(=O)O)CC1.